The molecule has 0 aliphatic heterocycles. The highest BCUT2D eigenvalue weighted by molar-refractivity contribution is 5.81. The average Bonchev–Trinajstić information content (AvgIpc) is 2.63. The largest absolute Gasteiger partial charge is 0.478 e. The van der Waals surface area contributed by atoms with Crippen LogP contribution in [0.1, 0.15) is 43.6 Å². The van der Waals surface area contributed by atoms with E-state index in [0.717, 1.165) is 43.2 Å². The zero-order valence-corrected chi connectivity index (χ0v) is 11.1. The molecule has 20 heavy (non-hydrogen) atoms. The Balaban J connectivity index is 2.37. The fourth-order valence-corrected chi connectivity index (χ4v) is 2.78. The molecule has 106 valence electrons. The fraction of sp³-hybridized carbons (Fsp3) is 0.400. The van der Waals surface area contributed by atoms with Crippen LogP contribution in [0, 0.1) is 10.1 Å². The predicted molar refractivity (Wildman–Crippen MR) is 74.6 cm³/mol. The Hall–Kier alpha value is -2.17. The van der Waals surface area contributed by atoms with Crippen molar-refractivity contribution >= 4 is 11.7 Å². The summed E-state index contributed by atoms with van der Waals surface area (Å²) in [4.78, 5) is 21.4. The van der Waals surface area contributed by atoms with Crippen LogP contribution in [0.2, 0.25) is 0 Å². The minimum Gasteiger partial charge on any atom is -0.478 e. The molecule has 1 aromatic rings. The molecule has 1 aliphatic carbocycles. The number of nitro benzene ring substituents is 1. The van der Waals surface area contributed by atoms with Gasteiger partial charge in [-0.1, -0.05) is 30.5 Å². The van der Waals surface area contributed by atoms with E-state index in [-0.39, 0.29) is 11.6 Å². The van der Waals surface area contributed by atoms with E-state index in [1.165, 1.54) is 12.1 Å². The highest BCUT2D eigenvalue weighted by Gasteiger charge is 2.21. The van der Waals surface area contributed by atoms with Gasteiger partial charge in [-0.25, -0.2) is 4.79 Å². The summed E-state index contributed by atoms with van der Waals surface area (Å²) in [5.74, 6) is -0.967. The number of rotatable bonds is 3. The summed E-state index contributed by atoms with van der Waals surface area (Å²) >= 11 is 0. The molecule has 1 fully saturated rings. The van der Waals surface area contributed by atoms with E-state index in [1.54, 1.807) is 12.1 Å². The van der Waals surface area contributed by atoms with Crippen LogP contribution in [0.3, 0.4) is 0 Å². The highest BCUT2D eigenvalue weighted by atomic mass is 16.6. The molecular weight excluding hydrogens is 258 g/mol. The van der Waals surface area contributed by atoms with Crippen molar-refractivity contribution in [3.8, 4) is 0 Å². The minimum atomic E-state index is -0.947. The Morgan fingerprint density at radius 2 is 2.15 bits per heavy atom. The molecule has 5 heteroatoms. The lowest BCUT2D eigenvalue weighted by Gasteiger charge is -2.17. The Morgan fingerprint density at radius 3 is 2.85 bits per heavy atom. The normalized spacial score (nSPS) is 21.4. The van der Waals surface area contributed by atoms with Crippen molar-refractivity contribution < 1.29 is 14.8 Å². The molecule has 2 rings (SSSR count). The number of nitrogens with zero attached hydrogens (tertiary/aromatic N) is 1. The van der Waals surface area contributed by atoms with Crippen molar-refractivity contribution in [1.29, 1.82) is 0 Å². The van der Waals surface area contributed by atoms with Crippen LogP contribution in [0.5, 0.6) is 0 Å². The molecule has 0 radical (unpaired) electrons. The van der Waals surface area contributed by atoms with Gasteiger partial charge in [-0.2, -0.15) is 0 Å². The molecule has 5 nitrogen and oxygen atoms in total. The van der Waals surface area contributed by atoms with E-state index >= 15 is 0 Å². The van der Waals surface area contributed by atoms with Crippen molar-refractivity contribution in [3.05, 3.63) is 51.6 Å². The molecule has 0 amide bonds. The van der Waals surface area contributed by atoms with Gasteiger partial charge in [0.15, 0.2) is 0 Å². The summed E-state index contributed by atoms with van der Waals surface area (Å²) in [6, 6.07) is 6.53. The van der Waals surface area contributed by atoms with Gasteiger partial charge < -0.3 is 5.11 Å². The van der Waals surface area contributed by atoms with E-state index in [0.29, 0.717) is 0 Å². The van der Waals surface area contributed by atoms with Crippen molar-refractivity contribution in [2.24, 2.45) is 0 Å². The summed E-state index contributed by atoms with van der Waals surface area (Å²) in [5, 5.41) is 19.8. The number of hydrogen-bond acceptors (Lipinski definition) is 3. The molecule has 0 saturated heterocycles. The molecule has 1 atom stereocenters. The number of non-ortho nitro benzene ring substituents is 1. The van der Waals surface area contributed by atoms with Gasteiger partial charge in [0.1, 0.15) is 0 Å². The molecule has 0 bridgehead atoms. The second-order valence-corrected chi connectivity index (χ2v) is 5.06. The zero-order valence-electron chi connectivity index (χ0n) is 11.1. The predicted octanol–water partition coefficient (Wildman–Crippen LogP) is 3.65. The number of allylic oxidation sites excluding steroid dienone is 1. The maximum atomic E-state index is 10.9. The van der Waals surface area contributed by atoms with E-state index in [1.807, 2.05) is 6.07 Å². The number of carbonyl (C=O) groups is 1. The maximum Gasteiger partial charge on any atom is 0.328 e. The van der Waals surface area contributed by atoms with Gasteiger partial charge >= 0.3 is 5.97 Å². The first kappa shape index (κ1) is 14.2. The SMILES string of the molecule is O=C(O)/C=C1\CCCCCC1c1cccc([N+](=O)[O-])c1. The van der Waals surface area contributed by atoms with Gasteiger partial charge in [-0.3, -0.25) is 10.1 Å². The van der Waals surface area contributed by atoms with Gasteiger partial charge in [0.2, 0.25) is 0 Å². The lowest BCUT2D eigenvalue weighted by atomic mass is 9.87. The maximum absolute atomic E-state index is 10.9. The molecular formula is C15H17NO4. The third kappa shape index (κ3) is 3.44. The summed E-state index contributed by atoms with van der Waals surface area (Å²) in [7, 11) is 0. The van der Waals surface area contributed by atoms with E-state index in [9.17, 15) is 14.9 Å². The molecule has 0 aromatic heterocycles. The van der Waals surface area contributed by atoms with Crippen LogP contribution < -0.4 is 0 Å². The molecule has 1 aromatic carbocycles. The standard InChI is InChI=1S/C15H17NO4/c17-15(18)10-12-5-2-1-3-8-14(12)11-6-4-7-13(9-11)16(19)20/h4,6-7,9-10,14H,1-3,5,8H2,(H,17,18)/b12-10+. The van der Waals surface area contributed by atoms with Crippen LogP contribution in [-0.2, 0) is 4.79 Å². The molecule has 0 heterocycles. The molecule has 1 unspecified atom stereocenters. The highest BCUT2D eigenvalue weighted by Crippen LogP contribution is 2.37. The summed E-state index contributed by atoms with van der Waals surface area (Å²) < 4.78 is 0. The van der Waals surface area contributed by atoms with Crippen molar-refractivity contribution in [2.45, 2.75) is 38.0 Å². The number of nitro groups is 1. The first-order chi connectivity index (χ1) is 9.58. The zero-order chi connectivity index (χ0) is 14.5. The third-order valence-electron chi connectivity index (χ3n) is 3.70. The van der Waals surface area contributed by atoms with Gasteiger partial charge in [0.25, 0.3) is 5.69 Å². The van der Waals surface area contributed by atoms with Crippen molar-refractivity contribution in [1.82, 2.24) is 0 Å². The lowest BCUT2D eigenvalue weighted by Crippen LogP contribution is -2.04. The number of hydrogen-bond donors (Lipinski definition) is 1. The number of aliphatic carboxylic acids is 1. The van der Waals surface area contributed by atoms with Gasteiger partial charge in [-0.05, 0) is 24.8 Å². The Morgan fingerprint density at radius 1 is 1.35 bits per heavy atom. The molecule has 0 spiro atoms. The smallest absolute Gasteiger partial charge is 0.328 e. The summed E-state index contributed by atoms with van der Waals surface area (Å²) in [5.41, 5.74) is 1.77. The molecule has 1 aliphatic rings. The van der Waals surface area contributed by atoms with E-state index in [4.69, 9.17) is 5.11 Å². The topological polar surface area (TPSA) is 80.4 Å². The Labute approximate surface area is 117 Å². The first-order valence-electron chi connectivity index (χ1n) is 6.75. The van der Waals surface area contributed by atoms with Gasteiger partial charge in [-0.15, -0.1) is 0 Å². The lowest BCUT2D eigenvalue weighted by molar-refractivity contribution is -0.384. The fourth-order valence-electron chi connectivity index (χ4n) is 2.78. The van der Waals surface area contributed by atoms with E-state index in [2.05, 4.69) is 0 Å². The average molecular weight is 275 g/mol. The van der Waals surface area contributed by atoms with Crippen LogP contribution in [0.15, 0.2) is 35.9 Å². The first-order valence-corrected chi connectivity index (χ1v) is 6.75. The van der Waals surface area contributed by atoms with Gasteiger partial charge in [0.05, 0.1) is 4.92 Å². The van der Waals surface area contributed by atoms with Crippen molar-refractivity contribution in [2.75, 3.05) is 0 Å². The number of carboxylic acid groups (broad SMARTS) is 1. The Bertz CT molecular complexity index is 551. The minimum absolute atomic E-state index is 0.0199. The van der Waals surface area contributed by atoms with Gasteiger partial charge in [0, 0.05) is 24.1 Å². The Kier molecular flexibility index (Phi) is 4.50. The summed E-state index contributed by atoms with van der Waals surface area (Å²) in [6.45, 7) is 0. The third-order valence-corrected chi connectivity index (χ3v) is 3.70. The van der Waals surface area contributed by atoms with E-state index < -0.39 is 10.9 Å². The second kappa shape index (κ2) is 6.32. The van der Waals surface area contributed by atoms with Crippen molar-refractivity contribution in [3.63, 3.8) is 0 Å². The number of carboxylic acids is 1. The quantitative estimate of drug-likeness (QED) is 0.395. The van der Waals surface area contributed by atoms with Crippen LogP contribution in [-0.4, -0.2) is 16.0 Å². The van der Waals surface area contributed by atoms with Crippen LogP contribution >= 0.6 is 0 Å². The second-order valence-electron chi connectivity index (χ2n) is 5.06. The molecule has 1 saturated carbocycles. The molecule has 1 N–H and O–H groups in total. The van der Waals surface area contributed by atoms with Crippen LogP contribution in [0.25, 0.3) is 0 Å². The summed E-state index contributed by atoms with van der Waals surface area (Å²) in [6.07, 6.45) is 5.94. The van der Waals surface area contributed by atoms with Crippen LogP contribution in [0.4, 0.5) is 5.69 Å². The monoisotopic (exact) mass is 275 g/mol. The number of benzene rings is 1.